The Labute approximate surface area is 126 Å². The lowest BCUT2D eigenvalue weighted by Crippen LogP contribution is -2.17. The van der Waals surface area contributed by atoms with Gasteiger partial charge in [0.25, 0.3) is 11.1 Å². The van der Waals surface area contributed by atoms with Crippen molar-refractivity contribution in [3.05, 3.63) is 52.2 Å². The van der Waals surface area contributed by atoms with Gasteiger partial charge in [-0.1, -0.05) is 6.07 Å². The quantitative estimate of drug-likeness (QED) is 0.866. The summed E-state index contributed by atoms with van der Waals surface area (Å²) in [4.78, 5) is 23.0. The zero-order valence-corrected chi connectivity index (χ0v) is 12.4. The molecule has 2 amide bonds. The lowest BCUT2D eigenvalue weighted by atomic mass is 10.1. The second kappa shape index (κ2) is 5.21. The van der Waals surface area contributed by atoms with Crippen molar-refractivity contribution < 1.29 is 9.59 Å². The maximum absolute atomic E-state index is 11.5. The Morgan fingerprint density at radius 3 is 2.71 bits per heavy atom. The number of rotatable bonds is 2. The number of carbonyl (C=O) groups excluding carboxylic acids is 2. The van der Waals surface area contributed by atoms with E-state index >= 15 is 0 Å². The summed E-state index contributed by atoms with van der Waals surface area (Å²) in [5.41, 5.74) is 4.16. The number of aryl methyl sites for hydroxylation is 2. The summed E-state index contributed by atoms with van der Waals surface area (Å²) in [7, 11) is 0. The van der Waals surface area contributed by atoms with Gasteiger partial charge in [0, 0.05) is 11.8 Å². The van der Waals surface area contributed by atoms with Gasteiger partial charge in [-0.15, -0.1) is 0 Å². The van der Waals surface area contributed by atoms with Crippen LogP contribution in [0.15, 0.2) is 35.5 Å². The van der Waals surface area contributed by atoms with Gasteiger partial charge in [0.1, 0.15) is 0 Å². The molecule has 0 aliphatic carbocycles. The zero-order valence-electron chi connectivity index (χ0n) is 11.6. The van der Waals surface area contributed by atoms with E-state index in [-0.39, 0.29) is 11.1 Å². The number of thioether (sulfide) groups is 1. The van der Waals surface area contributed by atoms with E-state index in [9.17, 15) is 9.59 Å². The summed E-state index contributed by atoms with van der Waals surface area (Å²) in [5.74, 6) is -0.357. The van der Waals surface area contributed by atoms with Crippen LogP contribution >= 0.6 is 11.8 Å². The van der Waals surface area contributed by atoms with Gasteiger partial charge in [0.2, 0.25) is 0 Å². The van der Waals surface area contributed by atoms with Crippen LogP contribution in [0.2, 0.25) is 0 Å². The number of hydrogen-bond donors (Lipinski definition) is 1. The third-order valence-electron chi connectivity index (χ3n) is 3.30. The highest BCUT2D eigenvalue weighted by Crippen LogP contribution is 2.25. The Balaban J connectivity index is 1.90. The molecule has 0 saturated carbocycles. The van der Waals surface area contributed by atoms with Crippen LogP contribution in [0.25, 0.3) is 11.8 Å². The maximum Gasteiger partial charge on any atom is 0.290 e. The summed E-state index contributed by atoms with van der Waals surface area (Å²) < 4.78 is 1.75. The van der Waals surface area contributed by atoms with Crippen molar-refractivity contribution in [2.24, 2.45) is 0 Å². The third-order valence-corrected chi connectivity index (χ3v) is 4.11. The Morgan fingerprint density at radius 1 is 1.24 bits per heavy atom. The van der Waals surface area contributed by atoms with E-state index in [2.05, 4.69) is 30.3 Å². The minimum absolute atomic E-state index is 0.340. The van der Waals surface area contributed by atoms with Crippen LogP contribution in [0.3, 0.4) is 0 Å². The molecule has 0 atom stereocenters. The number of nitrogens with one attached hydrogen (secondary N) is 1. The zero-order chi connectivity index (χ0) is 15.0. The molecular weight excluding hydrogens is 286 g/mol. The van der Waals surface area contributed by atoms with Crippen molar-refractivity contribution in [3.8, 4) is 5.69 Å². The predicted octanol–water partition coefficient (Wildman–Crippen LogP) is 2.81. The molecule has 1 N–H and O–H groups in total. The average Bonchev–Trinajstić information content (AvgIpc) is 3.01. The molecule has 1 saturated heterocycles. The van der Waals surface area contributed by atoms with Crippen LogP contribution < -0.4 is 5.32 Å². The number of nitrogens with zero attached hydrogens (tertiary/aromatic N) is 2. The molecule has 0 spiro atoms. The minimum atomic E-state index is -0.357. The topological polar surface area (TPSA) is 64.0 Å². The van der Waals surface area contributed by atoms with E-state index in [1.54, 1.807) is 17.0 Å². The van der Waals surface area contributed by atoms with Gasteiger partial charge in [-0.05, 0) is 54.9 Å². The molecule has 0 unspecified atom stereocenters. The Hall–Kier alpha value is -2.34. The highest BCUT2D eigenvalue weighted by molar-refractivity contribution is 8.18. The largest absolute Gasteiger partial charge is 0.290 e. The fourth-order valence-corrected chi connectivity index (χ4v) is 2.68. The Kier molecular flexibility index (Phi) is 3.39. The number of hydrogen-bond acceptors (Lipinski definition) is 4. The van der Waals surface area contributed by atoms with Crippen LogP contribution in [-0.2, 0) is 4.79 Å². The van der Waals surface area contributed by atoms with Gasteiger partial charge in [-0.2, -0.15) is 5.10 Å². The van der Waals surface area contributed by atoms with Crippen LogP contribution in [0.5, 0.6) is 0 Å². The molecule has 2 aromatic rings. The van der Waals surface area contributed by atoms with Gasteiger partial charge in [-0.25, -0.2) is 4.68 Å². The van der Waals surface area contributed by atoms with Crippen LogP contribution in [-0.4, -0.2) is 20.9 Å². The molecule has 1 aliphatic rings. The van der Waals surface area contributed by atoms with Gasteiger partial charge in [0.05, 0.1) is 16.8 Å². The second-order valence-corrected chi connectivity index (χ2v) is 5.85. The summed E-state index contributed by atoms with van der Waals surface area (Å²) in [6.45, 7) is 4.11. The first-order valence-electron chi connectivity index (χ1n) is 6.40. The van der Waals surface area contributed by atoms with Crippen molar-refractivity contribution in [2.75, 3.05) is 0 Å². The molecule has 1 aromatic carbocycles. The highest BCUT2D eigenvalue weighted by Gasteiger charge is 2.25. The van der Waals surface area contributed by atoms with Gasteiger partial charge in [-0.3, -0.25) is 14.9 Å². The highest BCUT2D eigenvalue weighted by atomic mass is 32.2. The van der Waals surface area contributed by atoms with Crippen LogP contribution in [0.4, 0.5) is 4.79 Å². The molecule has 0 bridgehead atoms. The molecule has 5 nitrogen and oxygen atoms in total. The first kappa shape index (κ1) is 13.6. The number of carbonyl (C=O) groups is 2. The smallest absolute Gasteiger partial charge is 0.282 e. The molecular formula is C15H13N3O2S. The molecule has 2 heterocycles. The van der Waals surface area contributed by atoms with Crippen molar-refractivity contribution >= 4 is 29.0 Å². The van der Waals surface area contributed by atoms with Crippen molar-refractivity contribution in [3.63, 3.8) is 0 Å². The lowest BCUT2D eigenvalue weighted by molar-refractivity contribution is -0.115. The minimum Gasteiger partial charge on any atom is -0.282 e. The molecule has 106 valence electrons. The maximum atomic E-state index is 11.5. The molecule has 3 rings (SSSR count). The summed E-state index contributed by atoms with van der Waals surface area (Å²) >= 11 is 0.902. The van der Waals surface area contributed by atoms with E-state index in [1.165, 1.54) is 11.1 Å². The molecule has 6 heteroatoms. The number of aromatic nitrogens is 2. The monoisotopic (exact) mass is 299 g/mol. The summed E-state index contributed by atoms with van der Waals surface area (Å²) in [6, 6.07) is 6.09. The van der Waals surface area contributed by atoms with Gasteiger partial charge < -0.3 is 0 Å². The van der Waals surface area contributed by atoms with Crippen molar-refractivity contribution in [1.29, 1.82) is 0 Å². The number of imide groups is 1. The summed E-state index contributed by atoms with van der Waals surface area (Å²) in [5, 5.41) is 6.18. The molecule has 21 heavy (non-hydrogen) atoms. The number of benzene rings is 1. The Morgan fingerprint density at radius 2 is 2.05 bits per heavy atom. The van der Waals surface area contributed by atoms with Gasteiger partial charge >= 0.3 is 0 Å². The third kappa shape index (κ3) is 2.75. The first-order chi connectivity index (χ1) is 10.0. The lowest BCUT2D eigenvalue weighted by Gasteiger charge is -2.04. The van der Waals surface area contributed by atoms with E-state index in [0.29, 0.717) is 4.91 Å². The fraction of sp³-hybridized carbons (Fsp3) is 0.133. The van der Waals surface area contributed by atoms with Gasteiger partial charge in [0.15, 0.2) is 0 Å². The standard InChI is InChI=1S/C15H13N3O2S/c1-9-3-4-12(5-10(9)2)18-8-11(7-16-18)6-13-14(19)17-15(20)21-13/h3-8H,1-2H3,(H,17,19,20)/b13-6-. The first-order valence-corrected chi connectivity index (χ1v) is 7.22. The fourth-order valence-electron chi connectivity index (χ4n) is 1.99. The second-order valence-electron chi connectivity index (χ2n) is 4.84. The average molecular weight is 299 g/mol. The van der Waals surface area contributed by atoms with Crippen LogP contribution in [0, 0.1) is 13.8 Å². The van der Waals surface area contributed by atoms with E-state index in [4.69, 9.17) is 0 Å². The van der Waals surface area contributed by atoms with Crippen molar-refractivity contribution in [2.45, 2.75) is 13.8 Å². The Bertz CT molecular complexity index is 777. The number of amides is 2. The predicted molar refractivity (Wildman–Crippen MR) is 82.1 cm³/mol. The summed E-state index contributed by atoms with van der Waals surface area (Å²) in [6.07, 6.45) is 5.15. The van der Waals surface area contributed by atoms with Crippen LogP contribution in [0.1, 0.15) is 16.7 Å². The molecule has 1 fully saturated rings. The SMILES string of the molecule is Cc1ccc(-n2cc(/C=C3\SC(=O)NC3=O)cn2)cc1C. The molecule has 0 radical (unpaired) electrons. The van der Waals surface area contributed by atoms with E-state index in [1.807, 2.05) is 18.3 Å². The normalized spacial score (nSPS) is 16.6. The van der Waals surface area contributed by atoms with E-state index < -0.39 is 0 Å². The van der Waals surface area contributed by atoms with E-state index in [0.717, 1.165) is 23.0 Å². The molecule has 1 aromatic heterocycles. The van der Waals surface area contributed by atoms with Crippen molar-refractivity contribution in [1.82, 2.24) is 15.1 Å². The molecule has 1 aliphatic heterocycles.